The van der Waals surface area contributed by atoms with Crippen molar-refractivity contribution in [3.8, 4) is 0 Å². The van der Waals surface area contributed by atoms with Gasteiger partial charge in [0, 0.05) is 30.8 Å². The van der Waals surface area contributed by atoms with Crippen molar-refractivity contribution in [1.82, 2.24) is 10.3 Å². The maximum absolute atomic E-state index is 11.8. The van der Waals surface area contributed by atoms with Crippen molar-refractivity contribution < 1.29 is 14.3 Å². The number of aromatic amines is 1. The van der Waals surface area contributed by atoms with E-state index in [1.54, 1.807) is 0 Å². The molecule has 2 N–H and O–H groups in total. The molecule has 0 saturated carbocycles. The lowest BCUT2D eigenvalue weighted by atomic mass is 10.1. The Bertz CT molecular complexity index is 562. The van der Waals surface area contributed by atoms with E-state index in [2.05, 4.69) is 10.3 Å². The Morgan fingerprint density at radius 2 is 2.32 bits per heavy atom. The summed E-state index contributed by atoms with van der Waals surface area (Å²) < 4.78 is 10.9. The van der Waals surface area contributed by atoms with Gasteiger partial charge in [0.15, 0.2) is 0 Å². The van der Waals surface area contributed by atoms with Gasteiger partial charge in [-0.05, 0) is 38.3 Å². The number of ether oxygens (including phenoxy) is 2. The summed E-state index contributed by atoms with van der Waals surface area (Å²) in [4.78, 5) is 26.3. The number of aryl methyl sites for hydroxylation is 2. The quantitative estimate of drug-likeness (QED) is 0.742. The van der Waals surface area contributed by atoms with Gasteiger partial charge < -0.3 is 19.8 Å². The predicted molar refractivity (Wildman–Crippen MR) is 82.8 cm³/mol. The molecule has 1 amide bonds. The highest BCUT2D eigenvalue weighted by Crippen LogP contribution is 2.11. The molecule has 1 fully saturated rings. The van der Waals surface area contributed by atoms with E-state index in [9.17, 15) is 9.59 Å². The number of hydrogen-bond donors (Lipinski definition) is 2. The first-order chi connectivity index (χ1) is 10.6. The van der Waals surface area contributed by atoms with Crippen molar-refractivity contribution >= 4 is 5.91 Å². The first-order valence-electron chi connectivity index (χ1n) is 7.71. The largest absolute Gasteiger partial charge is 0.378 e. The average molecular weight is 308 g/mol. The van der Waals surface area contributed by atoms with Crippen LogP contribution in [0.4, 0.5) is 0 Å². The number of hydrogen-bond acceptors (Lipinski definition) is 4. The van der Waals surface area contributed by atoms with E-state index in [1.165, 1.54) is 0 Å². The topological polar surface area (TPSA) is 80.4 Å². The molecule has 1 aliphatic rings. The molecule has 0 aromatic carbocycles. The van der Waals surface area contributed by atoms with E-state index in [4.69, 9.17) is 9.47 Å². The number of aromatic nitrogens is 1. The van der Waals surface area contributed by atoms with Crippen LogP contribution in [-0.2, 0) is 20.8 Å². The van der Waals surface area contributed by atoms with E-state index in [0.29, 0.717) is 18.8 Å². The Balaban J connectivity index is 1.68. The number of nitrogens with one attached hydrogen (secondary N) is 2. The predicted octanol–water partition coefficient (Wildman–Crippen LogP) is 1.19. The summed E-state index contributed by atoms with van der Waals surface area (Å²) in [5.41, 5.74) is 2.16. The highest BCUT2D eigenvalue weighted by molar-refractivity contribution is 5.75. The minimum Gasteiger partial charge on any atom is -0.378 e. The van der Waals surface area contributed by atoms with Crippen LogP contribution in [0.25, 0.3) is 0 Å². The fraction of sp³-hybridized carbons (Fsp3) is 0.625. The van der Waals surface area contributed by atoms with Gasteiger partial charge in [-0.3, -0.25) is 9.59 Å². The van der Waals surface area contributed by atoms with Gasteiger partial charge >= 0.3 is 0 Å². The first-order valence-corrected chi connectivity index (χ1v) is 7.71. The van der Waals surface area contributed by atoms with Gasteiger partial charge in [0.1, 0.15) is 0 Å². The van der Waals surface area contributed by atoms with Gasteiger partial charge in [-0.25, -0.2) is 0 Å². The molecule has 2 rings (SSSR count). The lowest BCUT2D eigenvalue weighted by Gasteiger charge is -2.10. The fourth-order valence-electron chi connectivity index (χ4n) is 2.53. The Kier molecular flexibility index (Phi) is 6.15. The average Bonchev–Trinajstić information content (AvgIpc) is 2.95. The van der Waals surface area contributed by atoms with Gasteiger partial charge in [-0.1, -0.05) is 0 Å². The minimum atomic E-state index is -0.146. The molecule has 0 spiro atoms. The second-order valence-electron chi connectivity index (χ2n) is 5.68. The van der Waals surface area contributed by atoms with E-state index >= 15 is 0 Å². The third-order valence-electron chi connectivity index (χ3n) is 3.76. The number of rotatable bonds is 7. The van der Waals surface area contributed by atoms with Crippen LogP contribution in [0.3, 0.4) is 0 Å². The molecule has 22 heavy (non-hydrogen) atoms. The molecule has 1 saturated heterocycles. The van der Waals surface area contributed by atoms with Crippen molar-refractivity contribution in [1.29, 1.82) is 0 Å². The highest BCUT2D eigenvalue weighted by Gasteiger charge is 2.15. The molecular formula is C16H24N2O4. The van der Waals surface area contributed by atoms with Crippen molar-refractivity contribution in [2.24, 2.45) is 0 Å². The van der Waals surface area contributed by atoms with Gasteiger partial charge in [0.2, 0.25) is 5.91 Å². The molecule has 6 heteroatoms. The molecule has 0 bridgehead atoms. The van der Waals surface area contributed by atoms with Crippen LogP contribution >= 0.6 is 0 Å². The molecule has 0 radical (unpaired) electrons. The summed E-state index contributed by atoms with van der Waals surface area (Å²) in [6.45, 7) is 5.67. The summed E-state index contributed by atoms with van der Waals surface area (Å²) in [7, 11) is 0. The second-order valence-corrected chi connectivity index (χ2v) is 5.68. The Hall–Kier alpha value is -1.66. The lowest BCUT2D eigenvalue weighted by molar-refractivity contribution is -0.122. The molecule has 1 aliphatic heterocycles. The van der Waals surface area contributed by atoms with Gasteiger partial charge in [0.25, 0.3) is 5.56 Å². The number of carbonyl (C=O) groups excluding carboxylic acids is 1. The molecule has 1 unspecified atom stereocenters. The van der Waals surface area contributed by atoms with Crippen LogP contribution in [0, 0.1) is 13.8 Å². The SMILES string of the molecule is Cc1cc(C)c(CNC(=O)CCOCC2CCCO2)c(=O)[nH]1. The Labute approximate surface area is 130 Å². The molecule has 122 valence electrons. The first kappa shape index (κ1) is 16.7. The van der Waals surface area contributed by atoms with Crippen molar-refractivity contribution in [3.05, 3.63) is 33.2 Å². The standard InChI is InChI=1S/C16H24N2O4/c1-11-8-12(2)18-16(20)14(11)9-17-15(19)5-7-21-10-13-4-3-6-22-13/h8,13H,3-7,9-10H2,1-2H3,(H,17,19)(H,18,20). The zero-order valence-electron chi connectivity index (χ0n) is 13.2. The third kappa shape index (κ3) is 4.96. The Morgan fingerprint density at radius 1 is 1.50 bits per heavy atom. The maximum Gasteiger partial charge on any atom is 0.253 e. The second kappa shape index (κ2) is 8.10. The molecule has 1 atom stereocenters. The summed E-state index contributed by atoms with van der Waals surface area (Å²) in [6.07, 6.45) is 2.58. The zero-order chi connectivity index (χ0) is 15.9. The highest BCUT2D eigenvalue weighted by atomic mass is 16.5. The van der Waals surface area contributed by atoms with E-state index < -0.39 is 0 Å². The molecule has 6 nitrogen and oxygen atoms in total. The molecule has 1 aromatic rings. The number of H-pyrrole nitrogens is 1. The number of carbonyl (C=O) groups is 1. The Morgan fingerprint density at radius 3 is 3.00 bits per heavy atom. The smallest absolute Gasteiger partial charge is 0.253 e. The minimum absolute atomic E-state index is 0.119. The molecule has 2 heterocycles. The third-order valence-corrected chi connectivity index (χ3v) is 3.76. The summed E-state index contributed by atoms with van der Waals surface area (Å²) in [5, 5.41) is 2.76. The van der Waals surface area contributed by atoms with Crippen molar-refractivity contribution in [2.75, 3.05) is 19.8 Å². The molecular weight excluding hydrogens is 284 g/mol. The summed E-state index contributed by atoms with van der Waals surface area (Å²) >= 11 is 0. The normalized spacial score (nSPS) is 17.6. The van der Waals surface area contributed by atoms with Crippen LogP contribution in [0.2, 0.25) is 0 Å². The monoisotopic (exact) mass is 308 g/mol. The van der Waals surface area contributed by atoms with E-state index in [1.807, 2.05) is 19.9 Å². The van der Waals surface area contributed by atoms with Crippen LogP contribution in [0.15, 0.2) is 10.9 Å². The number of amides is 1. The fourth-order valence-corrected chi connectivity index (χ4v) is 2.53. The summed E-state index contributed by atoms with van der Waals surface area (Å²) in [6, 6.07) is 1.90. The number of pyridine rings is 1. The van der Waals surface area contributed by atoms with Crippen LogP contribution < -0.4 is 10.9 Å². The van der Waals surface area contributed by atoms with Crippen molar-refractivity contribution in [2.45, 2.75) is 45.8 Å². The molecule has 1 aromatic heterocycles. The van der Waals surface area contributed by atoms with Crippen LogP contribution in [0.1, 0.15) is 36.1 Å². The van der Waals surface area contributed by atoms with E-state index in [0.717, 1.165) is 30.7 Å². The summed E-state index contributed by atoms with van der Waals surface area (Å²) in [5.74, 6) is -0.119. The van der Waals surface area contributed by atoms with Crippen LogP contribution in [-0.4, -0.2) is 36.8 Å². The van der Waals surface area contributed by atoms with Crippen molar-refractivity contribution in [3.63, 3.8) is 0 Å². The van der Waals surface area contributed by atoms with Gasteiger partial charge in [-0.2, -0.15) is 0 Å². The zero-order valence-corrected chi connectivity index (χ0v) is 13.2. The van der Waals surface area contributed by atoms with E-state index in [-0.39, 0.29) is 30.5 Å². The van der Waals surface area contributed by atoms with Crippen LogP contribution in [0.5, 0.6) is 0 Å². The van der Waals surface area contributed by atoms with Gasteiger partial charge in [0.05, 0.1) is 19.3 Å². The lowest BCUT2D eigenvalue weighted by Crippen LogP contribution is -2.28. The molecule has 0 aliphatic carbocycles. The maximum atomic E-state index is 11.8. The van der Waals surface area contributed by atoms with Gasteiger partial charge in [-0.15, -0.1) is 0 Å².